The number of rotatable bonds is 2. The number of hydrogen-bond donors (Lipinski definition) is 2. The molecule has 1 amide bonds. The van der Waals surface area contributed by atoms with Gasteiger partial charge >= 0.3 is 0 Å². The number of nitrogens with two attached hydrogens (primary N) is 1. The average Bonchev–Trinajstić information content (AvgIpc) is 2.11. The maximum atomic E-state index is 11.2. The molecule has 0 fully saturated rings. The fourth-order valence-electron chi connectivity index (χ4n) is 1.02. The van der Waals surface area contributed by atoms with E-state index in [0.29, 0.717) is 0 Å². The van der Waals surface area contributed by atoms with Gasteiger partial charge in [-0.25, -0.2) is 5.84 Å². The lowest BCUT2D eigenvalue weighted by atomic mass is 10.3. The van der Waals surface area contributed by atoms with Gasteiger partial charge in [0.25, 0.3) is 11.5 Å². The normalized spacial score (nSPS) is 9.69. The molecule has 1 aromatic rings. The fourth-order valence-corrected chi connectivity index (χ4v) is 1.02. The Morgan fingerprint density at radius 2 is 2.31 bits per heavy atom. The number of hydrogen-bond acceptors (Lipinski definition) is 3. The van der Waals surface area contributed by atoms with E-state index < -0.39 is 5.91 Å². The number of nitrogens with one attached hydrogen (secondary N) is 1. The standard InChI is InChI=1S/C8H11N3O2/c1-6-3-2-4-8(13)11(6)5-7(12)10-9/h2-4H,5,9H2,1H3,(H,10,12). The summed E-state index contributed by atoms with van der Waals surface area (Å²) in [5, 5.41) is 0. The van der Waals surface area contributed by atoms with Gasteiger partial charge in [-0.1, -0.05) is 6.07 Å². The molecular weight excluding hydrogens is 170 g/mol. The molecule has 13 heavy (non-hydrogen) atoms. The molecule has 0 saturated heterocycles. The van der Waals surface area contributed by atoms with Gasteiger partial charge in [0.15, 0.2) is 0 Å². The Hall–Kier alpha value is -1.62. The van der Waals surface area contributed by atoms with Crippen molar-refractivity contribution < 1.29 is 4.79 Å². The van der Waals surface area contributed by atoms with E-state index in [1.54, 1.807) is 19.1 Å². The van der Waals surface area contributed by atoms with E-state index in [0.717, 1.165) is 5.69 Å². The van der Waals surface area contributed by atoms with Crippen LogP contribution in [0.15, 0.2) is 23.0 Å². The Kier molecular flexibility index (Phi) is 2.81. The Labute approximate surface area is 75.1 Å². The lowest BCUT2D eigenvalue weighted by Crippen LogP contribution is -2.36. The first-order chi connectivity index (χ1) is 6.15. The summed E-state index contributed by atoms with van der Waals surface area (Å²) in [4.78, 5) is 22.1. The summed E-state index contributed by atoms with van der Waals surface area (Å²) < 4.78 is 1.35. The molecule has 1 aromatic heterocycles. The second kappa shape index (κ2) is 3.86. The number of carbonyl (C=O) groups excluding carboxylic acids is 1. The smallest absolute Gasteiger partial charge is 0.253 e. The van der Waals surface area contributed by atoms with Gasteiger partial charge in [0.1, 0.15) is 6.54 Å². The predicted octanol–water partition coefficient (Wildman–Crippen LogP) is -0.853. The van der Waals surface area contributed by atoms with Crippen LogP contribution in [-0.4, -0.2) is 10.5 Å². The van der Waals surface area contributed by atoms with Crippen molar-refractivity contribution in [2.75, 3.05) is 0 Å². The molecule has 0 aliphatic carbocycles. The van der Waals surface area contributed by atoms with Gasteiger partial charge in [0, 0.05) is 11.8 Å². The van der Waals surface area contributed by atoms with Gasteiger partial charge in [-0.15, -0.1) is 0 Å². The summed E-state index contributed by atoms with van der Waals surface area (Å²) in [6, 6.07) is 4.80. The predicted molar refractivity (Wildman–Crippen MR) is 47.8 cm³/mol. The summed E-state index contributed by atoms with van der Waals surface area (Å²) in [5.41, 5.74) is 2.50. The minimum absolute atomic E-state index is 0.0397. The number of aryl methyl sites for hydroxylation is 1. The first kappa shape index (κ1) is 9.47. The van der Waals surface area contributed by atoms with Gasteiger partial charge in [-0.05, 0) is 13.0 Å². The lowest BCUT2D eigenvalue weighted by Gasteiger charge is -2.07. The zero-order valence-electron chi connectivity index (χ0n) is 7.28. The van der Waals surface area contributed by atoms with Gasteiger partial charge in [0.05, 0.1) is 0 Å². The number of aromatic nitrogens is 1. The molecule has 5 heteroatoms. The molecule has 1 heterocycles. The minimum Gasteiger partial charge on any atom is -0.303 e. The van der Waals surface area contributed by atoms with Crippen LogP contribution in [0.2, 0.25) is 0 Å². The molecule has 0 saturated carbocycles. The van der Waals surface area contributed by atoms with Crippen LogP contribution < -0.4 is 16.8 Å². The SMILES string of the molecule is Cc1cccc(=O)n1CC(=O)NN. The molecule has 0 radical (unpaired) electrons. The maximum Gasteiger partial charge on any atom is 0.253 e. The van der Waals surface area contributed by atoms with Crippen LogP contribution in [0.25, 0.3) is 0 Å². The molecule has 0 spiro atoms. The number of amides is 1. The monoisotopic (exact) mass is 181 g/mol. The summed E-state index contributed by atoms with van der Waals surface area (Å²) >= 11 is 0. The lowest BCUT2D eigenvalue weighted by molar-refractivity contribution is -0.121. The van der Waals surface area contributed by atoms with Crippen molar-refractivity contribution >= 4 is 5.91 Å². The Bertz CT molecular complexity index is 370. The topological polar surface area (TPSA) is 77.1 Å². The van der Waals surface area contributed by atoms with E-state index in [4.69, 9.17) is 5.84 Å². The van der Waals surface area contributed by atoms with Crippen LogP contribution >= 0.6 is 0 Å². The van der Waals surface area contributed by atoms with Gasteiger partial charge in [-0.2, -0.15) is 0 Å². The molecule has 0 aliphatic rings. The van der Waals surface area contributed by atoms with Crippen LogP contribution in [0.1, 0.15) is 5.69 Å². The third-order valence-corrected chi connectivity index (χ3v) is 1.73. The quantitative estimate of drug-likeness (QED) is 0.354. The van der Waals surface area contributed by atoms with Crippen molar-refractivity contribution in [1.29, 1.82) is 0 Å². The van der Waals surface area contributed by atoms with Crippen molar-refractivity contribution in [3.05, 3.63) is 34.2 Å². The summed E-state index contributed by atoms with van der Waals surface area (Å²) in [7, 11) is 0. The zero-order valence-corrected chi connectivity index (χ0v) is 7.28. The highest BCUT2D eigenvalue weighted by Gasteiger charge is 2.03. The molecular formula is C8H11N3O2. The third kappa shape index (κ3) is 2.16. The van der Waals surface area contributed by atoms with Crippen molar-refractivity contribution in [3.63, 3.8) is 0 Å². The second-order valence-corrected chi connectivity index (χ2v) is 2.66. The van der Waals surface area contributed by atoms with Crippen LogP contribution in [0.3, 0.4) is 0 Å². The zero-order chi connectivity index (χ0) is 9.84. The third-order valence-electron chi connectivity index (χ3n) is 1.73. The van der Waals surface area contributed by atoms with E-state index in [-0.39, 0.29) is 12.1 Å². The van der Waals surface area contributed by atoms with E-state index in [1.807, 2.05) is 5.43 Å². The Morgan fingerprint density at radius 3 is 2.85 bits per heavy atom. The highest BCUT2D eigenvalue weighted by atomic mass is 16.2. The van der Waals surface area contributed by atoms with Crippen LogP contribution in [0, 0.1) is 6.92 Å². The summed E-state index contributed by atoms with van der Waals surface area (Å²) in [6.07, 6.45) is 0. The first-order valence-corrected chi connectivity index (χ1v) is 3.81. The Morgan fingerprint density at radius 1 is 1.62 bits per heavy atom. The summed E-state index contributed by atoms with van der Waals surface area (Å²) in [5.74, 6) is 4.51. The summed E-state index contributed by atoms with van der Waals surface area (Å²) in [6.45, 7) is 1.72. The van der Waals surface area contributed by atoms with E-state index >= 15 is 0 Å². The van der Waals surface area contributed by atoms with Gasteiger partial charge < -0.3 is 4.57 Å². The van der Waals surface area contributed by atoms with Crippen molar-refractivity contribution in [3.8, 4) is 0 Å². The molecule has 0 aromatic carbocycles. The number of pyridine rings is 1. The molecule has 0 atom stereocenters. The van der Waals surface area contributed by atoms with Crippen LogP contribution in [0.4, 0.5) is 0 Å². The highest BCUT2D eigenvalue weighted by molar-refractivity contribution is 5.75. The molecule has 0 unspecified atom stereocenters. The largest absolute Gasteiger partial charge is 0.303 e. The number of nitrogens with zero attached hydrogens (tertiary/aromatic N) is 1. The molecule has 0 bridgehead atoms. The van der Waals surface area contributed by atoms with Crippen LogP contribution in [-0.2, 0) is 11.3 Å². The van der Waals surface area contributed by atoms with Crippen molar-refractivity contribution in [2.24, 2.45) is 5.84 Å². The fraction of sp³-hybridized carbons (Fsp3) is 0.250. The molecule has 1 rings (SSSR count). The van der Waals surface area contributed by atoms with Gasteiger partial charge in [-0.3, -0.25) is 15.0 Å². The minimum atomic E-state index is -0.392. The molecule has 3 N–H and O–H groups in total. The number of carbonyl (C=O) groups is 1. The second-order valence-electron chi connectivity index (χ2n) is 2.66. The average molecular weight is 181 g/mol. The van der Waals surface area contributed by atoms with Crippen LogP contribution in [0.5, 0.6) is 0 Å². The highest BCUT2D eigenvalue weighted by Crippen LogP contribution is 1.92. The van der Waals surface area contributed by atoms with Crippen molar-refractivity contribution in [2.45, 2.75) is 13.5 Å². The van der Waals surface area contributed by atoms with E-state index in [2.05, 4.69) is 0 Å². The van der Waals surface area contributed by atoms with Gasteiger partial charge in [0.2, 0.25) is 0 Å². The van der Waals surface area contributed by atoms with E-state index in [9.17, 15) is 9.59 Å². The van der Waals surface area contributed by atoms with E-state index in [1.165, 1.54) is 10.6 Å². The molecule has 70 valence electrons. The molecule has 0 aliphatic heterocycles. The molecule has 5 nitrogen and oxygen atoms in total. The number of hydrazine groups is 1. The Balaban J connectivity index is 3.00. The van der Waals surface area contributed by atoms with Crippen molar-refractivity contribution in [1.82, 2.24) is 9.99 Å². The maximum absolute atomic E-state index is 11.2. The first-order valence-electron chi connectivity index (χ1n) is 3.81.